The number of rotatable bonds is 0. The molecule has 3 unspecified atom stereocenters. The zero-order valence-electron chi connectivity index (χ0n) is 7.35. The van der Waals surface area contributed by atoms with Crippen molar-refractivity contribution in [1.29, 1.82) is 0 Å². The maximum absolute atomic E-state index is 3.47. The molecule has 1 saturated heterocycles. The van der Waals surface area contributed by atoms with Gasteiger partial charge in [-0.25, -0.2) is 0 Å². The Balaban J connectivity index is 0.000000231. The second-order valence-electron chi connectivity index (χ2n) is 3.19. The monoisotopic (exact) mass is 141 g/mol. The van der Waals surface area contributed by atoms with Gasteiger partial charge in [0.25, 0.3) is 0 Å². The Morgan fingerprint density at radius 1 is 1.30 bits per heavy atom. The van der Waals surface area contributed by atoms with E-state index in [-0.39, 0.29) is 0 Å². The molecule has 0 bridgehead atoms. The first-order valence-corrected chi connectivity index (χ1v) is 4.61. The third kappa shape index (κ3) is 1.51. The molecular formula is C9H19N. The Labute approximate surface area is 64.2 Å². The highest BCUT2D eigenvalue weighted by Gasteiger charge is 2.42. The largest absolute Gasteiger partial charge is 0.314 e. The molecule has 2 fully saturated rings. The summed E-state index contributed by atoms with van der Waals surface area (Å²) in [6, 6.07) is 0.828. The predicted octanol–water partition coefficient (Wildman–Crippen LogP) is 2.03. The van der Waals surface area contributed by atoms with Gasteiger partial charge in [-0.15, -0.1) is 0 Å². The van der Waals surface area contributed by atoms with Crippen molar-refractivity contribution in [3.05, 3.63) is 0 Å². The summed E-state index contributed by atoms with van der Waals surface area (Å²) in [6.07, 6.45) is 2.95. The van der Waals surface area contributed by atoms with Crippen molar-refractivity contribution in [3.63, 3.8) is 0 Å². The molecular weight excluding hydrogens is 122 g/mol. The second kappa shape index (κ2) is 3.38. The fraction of sp³-hybridized carbons (Fsp3) is 1.00. The summed E-state index contributed by atoms with van der Waals surface area (Å²) >= 11 is 0. The van der Waals surface area contributed by atoms with E-state index in [1.165, 1.54) is 19.4 Å². The fourth-order valence-electron chi connectivity index (χ4n) is 1.86. The van der Waals surface area contributed by atoms with Crippen molar-refractivity contribution < 1.29 is 0 Å². The minimum absolute atomic E-state index is 0.828. The number of hydrogen-bond acceptors (Lipinski definition) is 1. The molecule has 1 N–H and O–H groups in total. The van der Waals surface area contributed by atoms with Crippen LogP contribution in [0.4, 0.5) is 0 Å². The van der Waals surface area contributed by atoms with Crippen LogP contribution >= 0.6 is 0 Å². The molecule has 2 aliphatic rings. The molecule has 60 valence electrons. The maximum Gasteiger partial charge on any atom is 0.00697 e. The Bertz CT molecular complexity index is 101. The highest BCUT2D eigenvalue weighted by Crippen LogP contribution is 2.45. The van der Waals surface area contributed by atoms with Crippen molar-refractivity contribution in [2.75, 3.05) is 6.54 Å². The van der Waals surface area contributed by atoms with Gasteiger partial charge in [0, 0.05) is 6.04 Å². The SMILES string of the molecule is CC.CC1NCCC2CC21. The average Bonchev–Trinajstić information content (AvgIpc) is 2.72. The molecule has 0 aromatic rings. The smallest absolute Gasteiger partial charge is 0.00697 e. The van der Waals surface area contributed by atoms with Crippen LogP contribution in [0.15, 0.2) is 0 Å². The molecule has 1 nitrogen and oxygen atoms in total. The fourth-order valence-corrected chi connectivity index (χ4v) is 1.86. The van der Waals surface area contributed by atoms with Gasteiger partial charge >= 0.3 is 0 Å². The number of hydrogen-bond donors (Lipinski definition) is 1. The van der Waals surface area contributed by atoms with Gasteiger partial charge in [0.1, 0.15) is 0 Å². The van der Waals surface area contributed by atoms with Crippen molar-refractivity contribution in [3.8, 4) is 0 Å². The van der Waals surface area contributed by atoms with E-state index in [1.807, 2.05) is 13.8 Å². The molecule has 1 aliphatic carbocycles. The second-order valence-corrected chi connectivity index (χ2v) is 3.19. The predicted molar refractivity (Wildman–Crippen MR) is 45.0 cm³/mol. The summed E-state index contributed by atoms with van der Waals surface area (Å²) in [6.45, 7) is 7.58. The standard InChI is InChI=1S/C7H13N.C2H6/c1-5-7-4-6(7)2-3-8-5;1-2/h5-8H,2-4H2,1H3;1-2H3. The van der Waals surface area contributed by atoms with Crippen LogP contribution in [0.2, 0.25) is 0 Å². The van der Waals surface area contributed by atoms with Crippen molar-refractivity contribution >= 4 is 0 Å². The molecule has 0 amide bonds. The molecule has 3 atom stereocenters. The first kappa shape index (κ1) is 8.06. The molecule has 0 radical (unpaired) electrons. The molecule has 1 saturated carbocycles. The molecule has 1 heterocycles. The molecule has 0 aromatic heterocycles. The topological polar surface area (TPSA) is 12.0 Å². The van der Waals surface area contributed by atoms with Gasteiger partial charge in [0.15, 0.2) is 0 Å². The van der Waals surface area contributed by atoms with Gasteiger partial charge in [-0.3, -0.25) is 0 Å². The molecule has 1 aliphatic heterocycles. The average molecular weight is 141 g/mol. The Hall–Kier alpha value is -0.0400. The molecule has 1 heteroatoms. The number of piperidine rings is 1. The van der Waals surface area contributed by atoms with Crippen LogP contribution in [0.25, 0.3) is 0 Å². The van der Waals surface area contributed by atoms with Crippen molar-refractivity contribution in [2.45, 2.75) is 39.7 Å². The van der Waals surface area contributed by atoms with E-state index in [2.05, 4.69) is 12.2 Å². The quantitative estimate of drug-likeness (QED) is 0.544. The minimum Gasteiger partial charge on any atom is -0.314 e. The summed E-state index contributed by atoms with van der Waals surface area (Å²) in [4.78, 5) is 0. The van der Waals surface area contributed by atoms with E-state index in [4.69, 9.17) is 0 Å². The van der Waals surface area contributed by atoms with Crippen molar-refractivity contribution in [1.82, 2.24) is 5.32 Å². The van der Waals surface area contributed by atoms with E-state index in [0.29, 0.717) is 0 Å². The zero-order chi connectivity index (χ0) is 7.56. The van der Waals surface area contributed by atoms with Gasteiger partial charge in [-0.1, -0.05) is 13.8 Å². The van der Waals surface area contributed by atoms with Crippen LogP contribution in [0, 0.1) is 11.8 Å². The Morgan fingerprint density at radius 2 is 2.00 bits per heavy atom. The third-order valence-electron chi connectivity index (χ3n) is 2.60. The van der Waals surface area contributed by atoms with Gasteiger partial charge in [-0.05, 0) is 38.1 Å². The Kier molecular flexibility index (Phi) is 2.72. The van der Waals surface area contributed by atoms with Crippen LogP contribution in [-0.2, 0) is 0 Å². The van der Waals surface area contributed by atoms with Crippen LogP contribution < -0.4 is 5.32 Å². The summed E-state index contributed by atoms with van der Waals surface area (Å²) in [5, 5.41) is 3.47. The normalized spacial score (nSPS) is 42.9. The maximum atomic E-state index is 3.47. The van der Waals surface area contributed by atoms with Gasteiger partial charge in [0.2, 0.25) is 0 Å². The van der Waals surface area contributed by atoms with E-state index in [9.17, 15) is 0 Å². The molecule has 10 heavy (non-hydrogen) atoms. The zero-order valence-corrected chi connectivity index (χ0v) is 7.35. The lowest BCUT2D eigenvalue weighted by atomic mass is 10.1. The van der Waals surface area contributed by atoms with E-state index < -0.39 is 0 Å². The van der Waals surface area contributed by atoms with Crippen LogP contribution in [0.1, 0.15) is 33.6 Å². The van der Waals surface area contributed by atoms with Gasteiger partial charge in [-0.2, -0.15) is 0 Å². The summed E-state index contributed by atoms with van der Waals surface area (Å²) < 4.78 is 0. The first-order valence-electron chi connectivity index (χ1n) is 4.61. The summed E-state index contributed by atoms with van der Waals surface area (Å²) in [5.41, 5.74) is 0. The summed E-state index contributed by atoms with van der Waals surface area (Å²) in [5.74, 6) is 2.18. The molecule has 0 aromatic carbocycles. The van der Waals surface area contributed by atoms with Crippen molar-refractivity contribution in [2.24, 2.45) is 11.8 Å². The highest BCUT2D eigenvalue weighted by molar-refractivity contribution is 4.96. The molecule has 2 rings (SSSR count). The van der Waals surface area contributed by atoms with E-state index >= 15 is 0 Å². The summed E-state index contributed by atoms with van der Waals surface area (Å²) in [7, 11) is 0. The minimum atomic E-state index is 0.828. The lowest BCUT2D eigenvalue weighted by Gasteiger charge is -2.17. The van der Waals surface area contributed by atoms with Crippen LogP contribution in [-0.4, -0.2) is 12.6 Å². The van der Waals surface area contributed by atoms with Crippen LogP contribution in [0.5, 0.6) is 0 Å². The van der Waals surface area contributed by atoms with Gasteiger partial charge in [0.05, 0.1) is 0 Å². The third-order valence-corrected chi connectivity index (χ3v) is 2.60. The molecule has 0 spiro atoms. The lowest BCUT2D eigenvalue weighted by molar-refractivity contribution is 0.403. The lowest BCUT2D eigenvalue weighted by Crippen LogP contribution is -2.33. The van der Waals surface area contributed by atoms with Gasteiger partial charge < -0.3 is 5.32 Å². The Morgan fingerprint density at radius 3 is 2.50 bits per heavy atom. The number of fused-ring (bicyclic) bond motifs is 1. The van der Waals surface area contributed by atoms with E-state index in [1.54, 1.807) is 0 Å². The van der Waals surface area contributed by atoms with Crippen LogP contribution in [0.3, 0.4) is 0 Å². The van der Waals surface area contributed by atoms with E-state index in [0.717, 1.165) is 17.9 Å². The highest BCUT2D eigenvalue weighted by atomic mass is 14.9. The first-order chi connectivity index (χ1) is 4.88. The number of nitrogens with one attached hydrogen (secondary N) is 1.